The molecule has 106 valence electrons. The zero-order valence-corrected chi connectivity index (χ0v) is 11.6. The molecule has 0 aliphatic rings. The van der Waals surface area contributed by atoms with Gasteiger partial charge in [-0.15, -0.1) is 6.42 Å². The molecule has 0 unspecified atom stereocenters. The van der Waals surface area contributed by atoms with Gasteiger partial charge in [0.2, 0.25) is 0 Å². The van der Waals surface area contributed by atoms with E-state index in [4.69, 9.17) is 6.42 Å². The van der Waals surface area contributed by atoms with Crippen LogP contribution in [0.3, 0.4) is 0 Å². The molecule has 3 aromatic rings. The molecule has 0 saturated heterocycles. The average molecular weight is 288 g/mol. The third kappa shape index (κ3) is 2.86. The highest BCUT2D eigenvalue weighted by Crippen LogP contribution is 2.12. The number of aromatic nitrogens is 3. The molecule has 1 amide bonds. The van der Waals surface area contributed by atoms with E-state index in [1.165, 1.54) is 6.20 Å². The van der Waals surface area contributed by atoms with E-state index in [1.54, 1.807) is 59.5 Å². The molecule has 0 aliphatic heterocycles. The summed E-state index contributed by atoms with van der Waals surface area (Å²) in [6.07, 6.45) is 10.3. The van der Waals surface area contributed by atoms with Crippen molar-refractivity contribution >= 4 is 11.6 Å². The van der Waals surface area contributed by atoms with Gasteiger partial charge < -0.3 is 5.32 Å². The second-order valence-corrected chi connectivity index (χ2v) is 4.53. The monoisotopic (exact) mass is 288 g/mol. The molecule has 0 spiro atoms. The van der Waals surface area contributed by atoms with Crippen molar-refractivity contribution in [2.24, 2.45) is 0 Å². The number of nitrogens with zero attached hydrogens (tertiary/aromatic N) is 3. The highest BCUT2D eigenvalue weighted by atomic mass is 16.1. The minimum atomic E-state index is -0.242. The van der Waals surface area contributed by atoms with E-state index in [9.17, 15) is 4.79 Å². The molecule has 1 aromatic carbocycles. The van der Waals surface area contributed by atoms with E-state index in [0.717, 1.165) is 0 Å². The SMILES string of the molecule is C#Cc1cccc(NC(=O)c2ccc(-n3cccn3)nc2)c1. The number of amides is 1. The molecule has 3 rings (SSSR count). The number of benzene rings is 1. The second kappa shape index (κ2) is 5.94. The maximum atomic E-state index is 12.2. The first-order chi connectivity index (χ1) is 10.8. The molecule has 5 heteroatoms. The third-order valence-corrected chi connectivity index (χ3v) is 3.04. The molecule has 0 aliphatic carbocycles. The van der Waals surface area contributed by atoms with Crippen molar-refractivity contribution in [3.8, 4) is 18.2 Å². The lowest BCUT2D eigenvalue weighted by atomic mass is 10.2. The summed E-state index contributed by atoms with van der Waals surface area (Å²) in [5.41, 5.74) is 1.82. The van der Waals surface area contributed by atoms with Crippen LogP contribution in [0.25, 0.3) is 5.82 Å². The van der Waals surface area contributed by atoms with Crippen LogP contribution in [0.4, 0.5) is 5.69 Å². The molecule has 5 nitrogen and oxygen atoms in total. The Labute approximate surface area is 127 Å². The number of carbonyl (C=O) groups is 1. The van der Waals surface area contributed by atoms with Crippen molar-refractivity contribution in [2.75, 3.05) is 5.32 Å². The molecular weight excluding hydrogens is 276 g/mol. The molecule has 1 N–H and O–H groups in total. The van der Waals surface area contributed by atoms with Gasteiger partial charge in [0.25, 0.3) is 5.91 Å². The molecule has 0 radical (unpaired) electrons. The predicted octanol–water partition coefficient (Wildman–Crippen LogP) is 2.50. The Morgan fingerprint density at radius 3 is 2.82 bits per heavy atom. The zero-order valence-electron chi connectivity index (χ0n) is 11.6. The minimum Gasteiger partial charge on any atom is -0.322 e. The van der Waals surface area contributed by atoms with Gasteiger partial charge in [-0.3, -0.25) is 4.79 Å². The first-order valence-corrected chi connectivity index (χ1v) is 6.60. The van der Waals surface area contributed by atoms with Crippen LogP contribution in [-0.2, 0) is 0 Å². The van der Waals surface area contributed by atoms with Gasteiger partial charge in [0.05, 0.1) is 5.56 Å². The maximum absolute atomic E-state index is 12.2. The summed E-state index contributed by atoms with van der Waals surface area (Å²) in [5.74, 6) is 2.94. The molecule has 0 atom stereocenters. The van der Waals surface area contributed by atoms with Crippen molar-refractivity contribution in [1.82, 2.24) is 14.8 Å². The standard InChI is InChI=1S/C17H12N4O/c1-2-13-5-3-6-15(11-13)20-17(22)14-7-8-16(18-12-14)21-10-4-9-19-21/h1,3-12H,(H,20,22). The third-order valence-electron chi connectivity index (χ3n) is 3.04. The first kappa shape index (κ1) is 13.6. The average Bonchev–Trinajstić information content (AvgIpc) is 3.09. The summed E-state index contributed by atoms with van der Waals surface area (Å²) in [6.45, 7) is 0. The van der Waals surface area contributed by atoms with Crippen LogP contribution in [0.5, 0.6) is 0 Å². The molecule has 0 saturated carbocycles. The smallest absolute Gasteiger partial charge is 0.257 e. The summed E-state index contributed by atoms with van der Waals surface area (Å²) in [6, 6.07) is 12.4. The Hall–Kier alpha value is -3.39. The topological polar surface area (TPSA) is 59.8 Å². The fourth-order valence-corrected chi connectivity index (χ4v) is 1.95. The molecule has 0 fully saturated rings. The van der Waals surface area contributed by atoms with Crippen molar-refractivity contribution in [3.63, 3.8) is 0 Å². The van der Waals surface area contributed by atoms with Crippen LogP contribution in [0.2, 0.25) is 0 Å². The number of terminal acetylenes is 1. The number of anilines is 1. The Balaban J connectivity index is 1.76. The lowest BCUT2D eigenvalue weighted by Gasteiger charge is -2.06. The van der Waals surface area contributed by atoms with Crippen LogP contribution in [0.1, 0.15) is 15.9 Å². The van der Waals surface area contributed by atoms with Crippen LogP contribution in [-0.4, -0.2) is 20.7 Å². The van der Waals surface area contributed by atoms with Crippen molar-refractivity contribution in [2.45, 2.75) is 0 Å². The van der Waals surface area contributed by atoms with Gasteiger partial charge in [0, 0.05) is 29.8 Å². The van der Waals surface area contributed by atoms with E-state index in [2.05, 4.69) is 21.3 Å². The highest BCUT2D eigenvalue weighted by Gasteiger charge is 2.07. The van der Waals surface area contributed by atoms with Gasteiger partial charge in [-0.05, 0) is 36.4 Å². The van der Waals surface area contributed by atoms with Crippen LogP contribution >= 0.6 is 0 Å². The van der Waals surface area contributed by atoms with Gasteiger partial charge in [0.15, 0.2) is 5.82 Å². The molecule has 2 heterocycles. The van der Waals surface area contributed by atoms with Crippen LogP contribution < -0.4 is 5.32 Å². The number of hydrogen-bond donors (Lipinski definition) is 1. The van der Waals surface area contributed by atoms with Crippen LogP contribution in [0, 0.1) is 12.3 Å². The summed E-state index contributed by atoms with van der Waals surface area (Å²) < 4.78 is 1.62. The quantitative estimate of drug-likeness (QED) is 0.753. The Morgan fingerprint density at radius 1 is 1.23 bits per heavy atom. The predicted molar refractivity (Wildman–Crippen MR) is 83.7 cm³/mol. The fraction of sp³-hybridized carbons (Fsp3) is 0. The Kier molecular flexibility index (Phi) is 3.67. The van der Waals surface area contributed by atoms with E-state index in [-0.39, 0.29) is 5.91 Å². The van der Waals surface area contributed by atoms with Crippen molar-refractivity contribution in [1.29, 1.82) is 0 Å². The Morgan fingerprint density at radius 2 is 2.14 bits per heavy atom. The number of carbonyl (C=O) groups excluding carboxylic acids is 1. The van der Waals surface area contributed by atoms with Gasteiger partial charge in [-0.2, -0.15) is 5.10 Å². The van der Waals surface area contributed by atoms with Crippen molar-refractivity contribution < 1.29 is 4.79 Å². The largest absolute Gasteiger partial charge is 0.322 e. The summed E-state index contributed by atoms with van der Waals surface area (Å²) in [5, 5.41) is 6.87. The molecule has 22 heavy (non-hydrogen) atoms. The van der Waals surface area contributed by atoms with E-state index < -0.39 is 0 Å². The van der Waals surface area contributed by atoms with Crippen LogP contribution in [0.15, 0.2) is 61.1 Å². The lowest BCUT2D eigenvalue weighted by molar-refractivity contribution is 0.102. The second-order valence-electron chi connectivity index (χ2n) is 4.53. The highest BCUT2D eigenvalue weighted by molar-refractivity contribution is 6.04. The number of rotatable bonds is 3. The number of pyridine rings is 1. The van der Waals surface area contributed by atoms with Gasteiger partial charge in [-0.1, -0.05) is 12.0 Å². The normalized spacial score (nSPS) is 9.95. The van der Waals surface area contributed by atoms with E-state index in [1.807, 2.05) is 0 Å². The van der Waals surface area contributed by atoms with E-state index >= 15 is 0 Å². The first-order valence-electron chi connectivity index (χ1n) is 6.60. The van der Waals surface area contributed by atoms with Gasteiger partial charge >= 0.3 is 0 Å². The molecular formula is C17H12N4O. The molecule has 0 bridgehead atoms. The summed E-state index contributed by atoms with van der Waals surface area (Å²) >= 11 is 0. The fourth-order valence-electron chi connectivity index (χ4n) is 1.95. The van der Waals surface area contributed by atoms with Crippen molar-refractivity contribution in [3.05, 3.63) is 72.2 Å². The summed E-state index contributed by atoms with van der Waals surface area (Å²) in [7, 11) is 0. The number of nitrogens with one attached hydrogen (secondary N) is 1. The zero-order chi connectivity index (χ0) is 15.4. The minimum absolute atomic E-state index is 0.242. The summed E-state index contributed by atoms with van der Waals surface area (Å²) in [4.78, 5) is 16.4. The molecule has 2 aromatic heterocycles. The van der Waals surface area contributed by atoms with Gasteiger partial charge in [-0.25, -0.2) is 9.67 Å². The Bertz CT molecular complexity index is 830. The number of hydrogen-bond acceptors (Lipinski definition) is 3. The van der Waals surface area contributed by atoms with Gasteiger partial charge in [0.1, 0.15) is 0 Å². The van der Waals surface area contributed by atoms with E-state index in [0.29, 0.717) is 22.6 Å². The lowest BCUT2D eigenvalue weighted by Crippen LogP contribution is -2.12. The maximum Gasteiger partial charge on any atom is 0.257 e.